The Morgan fingerprint density at radius 1 is 0.833 bits per heavy atom. The molecule has 0 spiro atoms. The van der Waals surface area contributed by atoms with E-state index in [4.69, 9.17) is 0 Å². The number of benzene rings is 1. The largest absolute Gasteiger partial charge is 0.357 e. The van der Waals surface area contributed by atoms with Gasteiger partial charge in [-0.15, -0.1) is 0 Å². The molecule has 0 radical (unpaired) electrons. The number of aryl methyl sites for hydroxylation is 3. The summed E-state index contributed by atoms with van der Waals surface area (Å²) in [4.78, 5) is 5.57. The van der Waals surface area contributed by atoms with Gasteiger partial charge < -0.3 is 4.90 Å². The van der Waals surface area contributed by atoms with Crippen LogP contribution in [0.3, 0.4) is 0 Å². The molecule has 130 valence electrons. The lowest BCUT2D eigenvalue weighted by Crippen LogP contribution is -2.59. The van der Waals surface area contributed by atoms with Crippen molar-refractivity contribution in [3.05, 3.63) is 28.8 Å². The van der Waals surface area contributed by atoms with Crippen molar-refractivity contribution in [3.63, 3.8) is 0 Å². The highest BCUT2D eigenvalue weighted by atomic mass is 15.4. The van der Waals surface area contributed by atoms with Gasteiger partial charge in [-0.3, -0.25) is 4.90 Å². The van der Waals surface area contributed by atoms with Gasteiger partial charge in [0.2, 0.25) is 0 Å². The fourth-order valence-corrected chi connectivity index (χ4v) is 7.28. The van der Waals surface area contributed by atoms with E-state index >= 15 is 0 Å². The smallest absolute Gasteiger partial charge is 0.0713 e. The predicted molar refractivity (Wildman–Crippen MR) is 100 cm³/mol. The third-order valence-corrected chi connectivity index (χ3v) is 7.61. The minimum absolute atomic E-state index is 0.565. The second-order valence-electron chi connectivity index (χ2n) is 9.56. The standard InChI is InChI=1S/C22H32N2/c1-15-6-16(2)21(17(3)7-15)23-4-5-24(14-23)22-11-18-8-19(12-22)10-20(9-18)13-22/h6-7,18-20H,4-5,8-14H2,1-3H3/t18-,19+,20-,22?. The molecule has 0 atom stereocenters. The molecule has 1 aromatic rings. The van der Waals surface area contributed by atoms with Gasteiger partial charge in [-0.05, 0) is 88.2 Å². The Bertz CT molecular complexity index is 604. The topological polar surface area (TPSA) is 6.48 Å². The number of nitrogens with zero attached hydrogens (tertiary/aromatic N) is 2. The highest BCUT2D eigenvalue weighted by Crippen LogP contribution is 2.58. The van der Waals surface area contributed by atoms with Crippen molar-refractivity contribution >= 4 is 5.69 Å². The summed E-state index contributed by atoms with van der Waals surface area (Å²) >= 11 is 0. The second-order valence-corrected chi connectivity index (χ2v) is 9.56. The summed E-state index contributed by atoms with van der Waals surface area (Å²) in [6.07, 6.45) is 9.14. The number of hydrogen-bond acceptors (Lipinski definition) is 2. The molecule has 2 nitrogen and oxygen atoms in total. The third kappa shape index (κ3) is 2.25. The van der Waals surface area contributed by atoms with Crippen molar-refractivity contribution < 1.29 is 0 Å². The molecule has 5 fully saturated rings. The van der Waals surface area contributed by atoms with Crippen LogP contribution < -0.4 is 4.90 Å². The van der Waals surface area contributed by atoms with Gasteiger partial charge in [0.25, 0.3) is 0 Å². The molecular weight excluding hydrogens is 292 g/mol. The van der Waals surface area contributed by atoms with Crippen LogP contribution in [0.15, 0.2) is 12.1 Å². The van der Waals surface area contributed by atoms with Crippen LogP contribution in [0.2, 0.25) is 0 Å². The maximum absolute atomic E-state index is 2.90. The maximum atomic E-state index is 2.90. The first kappa shape index (κ1) is 15.3. The quantitative estimate of drug-likeness (QED) is 0.780. The molecule has 24 heavy (non-hydrogen) atoms. The first-order valence-electron chi connectivity index (χ1n) is 10.1. The van der Waals surface area contributed by atoms with Crippen LogP contribution in [0.5, 0.6) is 0 Å². The van der Waals surface area contributed by atoms with Crippen molar-refractivity contribution in [2.45, 2.75) is 64.8 Å². The third-order valence-electron chi connectivity index (χ3n) is 7.61. The fourth-order valence-electron chi connectivity index (χ4n) is 7.28. The van der Waals surface area contributed by atoms with Crippen molar-refractivity contribution in [1.82, 2.24) is 4.90 Å². The molecule has 1 saturated heterocycles. The predicted octanol–water partition coefficient (Wildman–Crippen LogP) is 4.66. The van der Waals surface area contributed by atoms with E-state index in [2.05, 4.69) is 42.7 Å². The maximum Gasteiger partial charge on any atom is 0.0713 e. The van der Waals surface area contributed by atoms with Gasteiger partial charge in [-0.25, -0.2) is 0 Å². The summed E-state index contributed by atoms with van der Waals surface area (Å²) in [5.41, 5.74) is 6.38. The Kier molecular flexibility index (Phi) is 3.33. The highest BCUT2D eigenvalue weighted by molar-refractivity contribution is 5.60. The van der Waals surface area contributed by atoms with E-state index in [9.17, 15) is 0 Å². The molecule has 4 saturated carbocycles. The SMILES string of the molecule is Cc1cc(C)c(N2CCN(C34C[C@H]5C[C@@H](C3)C[C@@H](C4)C5)C2)c(C)c1. The van der Waals surface area contributed by atoms with E-state index in [-0.39, 0.29) is 0 Å². The molecule has 0 N–H and O–H groups in total. The highest BCUT2D eigenvalue weighted by Gasteiger charge is 2.54. The van der Waals surface area contributed by atoms with Crippen LogP contribution in [-0.2, 0) is 0 Å². The zero-order valence-electron chi connectivity index (χ0n) is 15.6. The van der Waals surface area contributed by atoms with Gasteiger partial charge in [0.15, 0.2) is 0 Å². The van der Waals surface area contributed by atoms with Crippen LogP contribution in [-0.4, -0.2) is 30.2 Å². The van der Waals surface area contributed by atoms with Crippen LogP contribution in [0.1, 0.15) is 55.2 Å². The van der Waals surface area contributed by atoms with E-state index < -0.39 is 0 Å². The van der Waals surface area contributed by atoms with Crippen molar-refractivity contribution in [1.29, 1.82) is 0 Å². The lowest BCUT2D eigenvalue weighted by Gasteiger charge is -2.60. The van der Waals surface area contributed by atoms with Gasteiger partial charge in [0, 0.05) is 24.3 Å². The summed E-state index contributed by atoms with van der Waals surface area (Å²) in [7, 11) is 0. The average molecular weight is 325 g/mol. The summed E-state index contributed by atoms with van der Waals surface area (Å²) < 4.78 is 0. The zero-order chi connectivity index (χ0) is 16.5. The molecule has 1 aromatic carbocycles. The minimum atomic E-state index is 0.565. The molecule has 5 aliphatic rings. The van der Waals surface area contributed by atoms with Crippen LogP contribution >= 0.6 is 0 Å². The van der Waals surface area contributed by atoms with Gasteiger partial charge in [0.1, 0.15) is 0 Å². The van der Waals surface area contributed by atoms with Crippen molar-refractivity contribution in [3.8, 4) is 0 Å². The molecule has 6 rings (SSSR count). The second kappa shape index (κ2) is 5.24. The Hall–Kier alpha value is -1.02. The van der Waals surface area contributed by atoms with Gasteiger partial charge >= 0.3 is 0 Å². The van der Waals surface area contributed by atoms with Crippen LogP contribution in [0.25, 0.3) is 0 Å². The van der Waals surface area contributed by atoms with Gasteiger partial charge in [0.05, 0.1) is 6.67 Å². The average Bonchev–Trinajstić information content (AvgIpc) is 2.95. The van der Waals surface area contributed by atoms with E-state index in [1.54, 1.807) is 19.3 Å². The molecule has 1 heterocycles. The lowest BCUT2D eigenvalue weighted by molar-refractivity contribution is -0.0797. The number of hydrogen-bond donors (Lipinski definition) is 0. The van der Waals surface area contributed by atoms with Crippen molar-refractivity contribution in [2.75, 3.05) is 24.7 Å². The van der Waals surface area contributed by atoms with E-state index in [1.165, 1.54) is 54.7 Å². The summed E-state index contributed by atoms with van der Waals surface area (Å²) in [6, 6.07) is 4.71. The van der Waals surface area contributed by atoms with Crippen LogP contribution in [0.4, 0.5) is 5.69 Å². The number of rotatable bonds is 2. The van der Waals surface area contributed by atoms with Gasteiger partial charge in [-0.1, -0.05) is 17.7 Å². The van der Waals surface area contributed by atoms with Crippen LogP contribution in [0, 0.1) is 38.5 Å². The van der Waals surface area contributed by atoms with E-state index in [0.717, 1.165) is 24.4 Å². The molecule has 0 amide bonds. The van der Waals surface area contributed by atoms with Gasteiger partial charge in [-0.2, -0.15) is 0 Å². The fraction of sp³-hybridized carbons (Fsp3) is 0.727. The molecule has 2 heteroatoms. The van der Waals surface area contributed by atoms with Crippen molar-refractivity contribution in [2.24, 2.45) is 17.8 Å². The van der Waals surface area contributed by atoms with E-state index in [0.29, 0.717) is 5.54 Å². The molecule has 4 aliphatic carbocycles. The molecular formula is C22H32N2. The Balaban J connectivity index is 1.40. The normalized spacial score (nSPS) is 38.3. The Morgan fingerprint density at radius 3 is 1.92 bits per heavy atom. The summed E-state index contributed by atoms with van der Waals surface area (Å²) in [5, 5.41) is 0. The summed E-state index contributed by atoms with van der Waals surface area (Å²) in [6.45, 7) is 10.5. The first-order valence-corrected chi connectivity index (χ1v) is 10.1. The zero-order valence-corrected chi connectivity index (χ0v) is 15.6. The first-order chi connectivity index (χ1) is 11.5. The molecule has 1 aliphatic heterocycles. The minimum Gasteiger partial charge on any atom is -0.357 e. The lowest BCUT2D eigenvalue weighted by atomic mass is 9.52. The monoisotopic (exact) mass is 324 g/mol. The summed E-state index contributed by atoms with van der Waals surface area (Å²) in [5.74, 6) is 3.15. The molecule has 0 aromatic heterocycles. The number of anilines is 1. The Labute approximate surface area is 147 Å². The molecule has 0 unspecified atom stereocenters. The van der Waals surface area contributed by atoms with E-state index in [1.807, 2.05) is 0 Å². The Morgan fingerprint density at radius 2 is 1.38 bits per heavy atom. The molecule has 4 bridgehead atoms.